The largest absolute Gasteiger partial charge is 0.431 e. The maximum Gasteiger partial charge on any atom is 0.311 e. The predicted octanol–water partition coefficient (Wildman–Crippen LogP) is 5.25. The van der Waals surface area contributed by atoms with Crippen molar-refractivity contribution in [3.8, 4) is 23.0 Å². The molecule has 29 heavy (non-hydrogen) atoms. The van der Waals surface area contributed by atoms with Gasteiger partial charge >= 0.3 is 5.69 Å². The van der Waals surface area contributed by atoms with Crippen molar-refractivity contribution >= 4 is 27.2 Å². The van der Waals surface area contributed by atoms with Crippen molar-refractivity contribution in [2.24, 2.45) is 0 Å². The molecule has 1 aliphatic rings. The van der Waals surface area contributed by atoms with Gasteiger partial charge in [-0.2, -0.15) is 4.98 Å². The average molecular weight is 404 g/mol. The van der Waals surface area contributed by atoms with Crippen LogP contribution in [-0.2, 0) is 12.8 Å². The predicted molar refractivity (Wildman–Crippen MR) is 111 cm³/mol. The third kappa shape index (κ3) is 3.11. The number of benzene rings is 1. The van der Waals surface area contributed by atoms with E-state index in [0.717, 1.165) is 40.6 Å². The summed E-state index contributed by atoms with van der Waals surface area (Å²) in [5.41, 5.74) is 2.69. The molecule has 8 heteroatoms. The first-order valence-corrected chi connectivity index (χ1v) is 10.1. The Morgan fingerprint density at radius 2 is 2.10 bits per heavy atom. The number of nitro benzene ring substituents is 1. The molecule has 1 aliphatic carbocycles. The molecule has 0 atom stereocenters. The molecule has 5 rings (SSSR count). The minimum Gasteiger partial charge on any atom is -0.431 e. The van der Waals surface area contributed by atoms with Gasteiger partial charge in [0.1, 0.15) is 4.83 Å². The number of aryl methyl sites for hydroxylation is 3. The molecular weight excluding hydrogens is 388 g/mol. The molecule has 0 radical (unpaired) electrons. The van der Waals surface area contributed by atoms with Gasteiger partial charge in [-0.15, -0.1) is 11.3 Å². The van der Waals surface area contributed by atoms with Crippen molar-refractivity contribution in [2.45, 2.75) is 26.2 Å². The first kappa shape index (κ1) is 17.7. The molecular formula is C21H16N4O3S. The van der Waals surface area contributed by atoms with E-state index < -0.39 is 4.92 Å². The quantitative estimate of drug-likeness (QED) is 0.341. The number of hydrogen-bond acceptors (Lipinski definition) is 7. The zero-order valence-corrected chi connectivity index (χ0v) is 16.4. The van der Waals surface area contributed by atoms with Crippen LogP contribution in [0.15, 0.2) is 42.7 Å². The molecule has 4 aromatic rings. The number of rotatable bonds is 4. The fourth-order valence-corrected chi connectivity index (χ4v) is 4.87. The third-order valence-corrected chi connectivity index (χ3v) is 6.15. The molecule has 0 bridgehead atoms. The number of nitrogens with zero attached hydrogens (tertiary/aromatic N) is 4. The van der Waals surface area contributed by atoms with E-state index in [4.69, 9.17) is 9.72 Å². The van der Waals surface area contributed by atoms with E-state index in [1.165, 1.54) is 16.5 Å². The van der Waals surface area contributed by atoms with Crippen molar-refractivity contribution < 1.29 is 9.66 Å². The molecule has 0 amide bonds. The standard InChI is InChI=1S/C21H16N4O3S/c1-12-7-8-16(15(10-12)25(26)27)28-20-18-14-5-2-6-17(14)29-21(18)24-19(23-20)13-4-3-9-22-11-13/h3-4,7-11H,2,5-6H2,1H3. The first-order chi connectivity index (χ1) is 14.1. The molecule has 144 valence electrons. The second-order valence-corrected chi connectivity index (χ2v) is 8.05. The molecule has 0 aliphatic heterocycles. The molecule has 0 saturated carbocycles. The lowest BCUT2D eigenvalue weighted by atomic mass is 10.2. The van der Waals surface area contributed by atoms with Gasteiger partial charge in [-0.05, 0) is 55.5 Å². The van der Waals surface area contributed by atoms with Gasteiger partial charge in [0.05, 0.1) is 10.3 Å². The molecule has 1 aromatic carbocycles. The van der Waals surface area contributed by atoms with E-state index >= 15 is 0 Å². The Hall–Kier alpha value is -3.39. The zero-order valence-electron chi connectivity index (χ0n) is 15.6. The Balaban J connectivity index is 1.71. The minimum atomic E-state index is -0.430. The normalized spacial score (nSPS) is 12.9. The lowest BCUT2D eigenvalue weighted by Gasteiger charge is -2.10. The molecule has 0 unspecified atom stereocenters. The summed E-state index contributed by atoms with van der Waals surface area (Å²) in [5.74, 6) is 1.03. The van der Waals surface area contributed by atoms with Crippen LogP contribution in [0.25, 0.3) is 21.6 Å². The van der Waals surface area contributed by atoms with E-state index in [-0.39, 0.29) is 11.4 Å². The fraction of sp³-hybridized carbons (Fsp3) is 0.190. The lowest BCUT2D eigenvalue weighted by Crippen LogP contribution is -1.99. The van der Waals surface area contributed by atoms with Crippen molar-refractivity contribution in [3.05, 3.63) is 68.8 Å². The summed E-state index contributed by atoms with van der Waals surface area (Å²) in [7, 11) is 0. The summed E-state index contributed by atoms with van der Waals surface area (Å²) in [6.45, 7) is 1.81. The molecule has 0 saturated heterocycles. The lowest BCUT2D eigenvalue weighted by molar-refractivity contribution is -0.385. The van der Waals surface area contributed by atoms with Crippen LogP contribution < -0.4 is 4.74 Å². The number of fused-ring (bicyclic) bond motifs is 3. The molecule has 3 aromatic heterocycles. The van der Waals surface area contributed by atoms with Crippen LogP contribution in [0, 0.1) is 17.0 Å². The van der Waals surface area contributed by atoms with Crippen LogP contribution in [0.1, 0.15) is 22.4 Å². The van der Waals surface area contributed by atoms with Gasteiger partial charge in [-0.25, -0.2) is 4.98 Å². The summed E-state index contributed by atoms with van der Waals surface area (Å²) in [5, 5.41) is 12.4. The van der Waals surface area contributed by atoms with Gasteiger partial charge in [0, 0.05) is 28.9 Å². The van der Waals surface area contributed by atoms with Crippen LogP contribution >= 0.6 is 11.3 Å². The van der Waals surface area contributed by atoms with Gasteiger partial charge < -0.3 is 4.74 Å². The van der Waals surface area contributed by atoms with Crippen molar-refractivity contribution in [3.63, 3.8) is 0 Å². The minimum absolute atomic E-state index is 0.0773. The summed E-state index contributed by atoms with van der Waals surface area (Å²) in [6.07, 6.45) is 6.43. The highest BCUT2D eigenvalue weighted by atomic mass is 32.1. The summed E-state index contributed by atoms with van der Waals surface area (Å²) >= 11 is 1.65. The maximum absolute atomic E-state index is 11.5. The number of thiophene rings is 1. The van der Waals surface area contributed by atoms with E-state index in [0.29, 0.717) is 11.7 Å². The molecule has 0 spiro atoms. The van der Waals surface area contributed by atoms with Gasteiger partial charge in [0.15, 0.2) is 5.82 Å². The number of pyridine rings is 1. The Bertz CT molecular complexity index is 1250. The summed E-state index contributed by atoms with van der Waals surface area (Å²) in [6, 6.07) is 8.63. The molecule has 3 heterocycles. The van der Waals surface area contributed by atoms with Crippen LogP contribution in [0.2, 0.25) is 0 Å². The SMILES string of the molecule is Cc1ccc(Oc2nc(-c3cccnc3)nc3sc4c(c23)CCC4)c([N+](=O)[O-])c1. The monoisotopic (exact) mass is 404 g/mol. The second kappa shape index (κ2) is 6.89. The third-order valence-electron chi connectivity index (χ3n) is 4.97. The summed E-state index contributed by atoms with van der Waals surface area (Å²) < 4.78 is 6.08. The van der Waals surface area contributed by atoms with E-state index in [1.54, 1.807) is 35.9 Å². The number of hydrogen-bond donors (Lipinski definition) is 0. The van der Waals surface area contributed by atoms with Crippen molar-refractivity contribution in [1.29, 1.82) is 0 Å². The van der Waals surface area contributed by atoms with E-state index in [1.807, 2.05) is 19.1 Å². The van der Waals surface area contributed by atoms with Crippen LogP contribution in [0.3, 0.4) is 0 Å². The highest BCUT2D eigenvalue weighted by Crippen LogP contribution is 2.43. The van der Waals surface area contributed by atoms with Gasteiger partial charge in [-0.1, -0.05) is 6.07 Å². The van der Waals surface area contributed by atoms with Gasteiger partial charge in [0.2, 0.25) is 11.6 Å². The van der Waals surface area contributed by atoms with Crippen LogP contribution in [0.5, 0.6) is 11.6 Å². The maximum atomic E-state index is 11.5. The average Bonchev–Trinajstić information content (AvgIpc) is 3.30. The van der Waals surface area contributed by atoms with Crippen molar-refractivity contribution in [2.75, 3.05) is 0 Å². The number of ether oxygens (including phenoxy) is 1. The Morgan fingerprint density at radius 3 is 2.90 bits per heavy atom. The van der Waals surface area contributed by atoms with Crippen molar-refractivity contribution in [1.82, 2.24) is 15.0 Å². The fourth-order valence-electron chi connectivity index (χ4n) is 3.62. The molecule has 0 fully saturated rings. The van der Waals surface area contributed by atoms with Crippen LogP contribution in [-0.4, -0.2) is 19.9 Å². The van der Waals surface area contributed by atoms with Gasteiger partial charge in [-0.3, -0.25) is 15.1 Å². The van der Waals surface area contributed by atoms with E-state index in [2.05, 4.69) is 9.97 Å². The highest BCUT2D eigenvalue weighted by molar-refractivity contribution is 7.19. The smallest absolute Gasteiger partial charge is 0.311 e. The first-order valence-electron chi connectivity index (χ1n) is 9.26. The van der Waals surface area contributed by atoms with Crippen LogP contribution in [0.4, 0.5) is 5.69 Å². The van der Waals surface area contributed by atoms with E-state index in [9.17, 15) is 10.1 Å². The molecule has 0 N–H and O–H groups in total. The highest BCUT2D eigenvalue weighted by Gasteiger charge is 2.25. The number of aromatic nitrogens is 3. The Kier molecular flexibility index (Phi) is 4.21. The Morgan fingerprint density at radius 1 is 1.21 bits per heavy atom. The van der Waals surface area contributed by atoms with Gasteiger partial charge in [0.25, 0.3) is 0 Å². The summed E-state index contributed by atoms with van der Waals surface area (Å²) in [4.78, 5) is 26.8. The second-order valence-electron chi connectivity index (χ2n) is 6.96. The number of nitro groups is 1. The molecule has 7 nitrogen and oxygen atoms in total. The Labute approximate surface area is 170 Å². The zero-order chi connectivity index (χ0) is 20.0. The topological polar surface area (TPSA) is 91.0 Å².